The van der Waals surface area contributed by atoms with Crippen LogP contribution < -0.4 is 10.6 Å². The summed E-state index contributed by atoms with van der Waals surface area (Å²) in [4.78, 5) is 24.9. The Bertz CT molecular complexity index is 1120. The fraction of sp³-hybridized carbons (Fsp3) is 0.217. The third-order valence-corrected chi connectivity index (χ3v) is 5.84. The van der Waals surface area contributed by atoms with Crippen LogP contribution in [0.25, 0.3) is 0 Å². The number of aryl methyl sites for hydroxylation is 1. The molecule has 0 unspecified atom stereocenters. The van der Waals surface area contributed by atoms with Gasteiger partial charge in [0.15, 0.2) is 11.0 Å². The number of benzene rings is 2. The molecule has 0 saturated carbocycles. The van der Waals surface area contributed by atoms with Gasteiger partial charge in [0.05, 0.1) is 11.8 Å². The summed E-state index contributed by atoms with van der Waals surface area (Å²) in [5, 5.41) is 15.4. The van der Waals surface area contributed by atoms with E-state index in [1.165, 1.54) is 11.8 Å². The molecule has 9 heteroatoms. The molecule has 0 bridgehead atoms. The van der Waals surface area contributed by atoms with Gasteiger partial charge in [0.25, 0.3) is 5.91 Å². The van der Waals surface area contributed by atoms with Gasteiger partial charge in [-0.3, -0.25) is 9.59 Å². The second kappa shape index (κ2) is 11.0. The summed E-state index contributed by atoms with van der Waals surface area (Å²) >= 11 is 7.28. The van der Waals surface area contributed by atoms with E-state index in [0.717, 1.165) is 5.56 Å². The number of nitrogens with zero attached hydrogens (tertiary/aromatic N) is 3. The van der Waals surface area contributed by atoms with E-state index in [-0.39, 0.29) is 23.6 Å². The summed E-state index contributed by atoms with van der Waals surface area (Å²) in [5.74, 6) is 0.353. The van der Waals surface area contributed by atoms with E-state index in [2.05, 4.69) is 27.4 Å². The van der Waals surface area contributed by atoms with Crippen LogP contribution in [0.5, 0.6) is 0 Å². The lowest BCUT2D eigenvalue weighted by molar-refractivity contribution is -0.113. The first-order valence-electron chi connectivity index (χ1n) is 9.97. The molecule has 1 atom stereocenters. The molecule has 0 saturated heterocycles. The Labute approximate surface area is 196 Å². The Morgan fingerprint density at radius 3 is 2.69 bits per heavy atom. The van der Waals surface area contributed by atoms with Gasteiger partial charge in [-0.15, -0.1) is 16.8 Å². The number of amides is 2. The number of hydrogen-bond donors (Lipinski definition) is 2. The van der Waals surface area contributed by atoms with Crippen LogP contribution in [0.1, 0.15) is 34.7 Å². The van der Waals surface area contributed by atoms with Gasteiger partial charge < -0.3 is 15.2 Å². The van der Waals surface area contributed by atoms with E-state index in [1.807, 2.05) is 42.7 Å². The zero-order chi connectivity index (χ0) is 23.1. The molecule has 0 aliphatic rings. The summed E-state index contributed by atoms with van der Waals surface area (Å²) in [7, 11) is 0. The number of carbonyl (C=O) groups is 2. The third kappa shape index (κ3) is 5.99. The summed E-state index contributed by atoms with van der Waals surface area (Å²) in [6.07, 6.45) is 1.72. The number of thioether (sulfide) groups is 1. The van der Waals surface area contributed by atoms with Crippen molar-refractivity contribution in [3.63, 3.8) is 0 Å². The van der Waals surface area contributed by atoms with Gasteiger partial charge in [0, 0.05) is 22.8 Å². The summed E-state index contributed by atoms with van der Waals surface area (Å²) in [6, 6.07) is 13.9. The van der Waals surface area contributed by atoms with E-state index in [9.17, 15) is 9.59 Å². The van der Waals surface area contributed by atoms with Gasteiger partial charge in [0.1, 0.15) is 0 Å². The highest BCUT2D eigenvalue weighted by Crippen LogP contribution is 2.23. The lowest BCUT2D eigenvalue weighted by atomic mass is 10.2. The summed E-state index contributed by atoms with van der Waals surface area (Å²) < 4.78 is 1.84. The first-order chi connectivity index (χ1) is 15.4. The maximum Gasteiger partial charge on any atom is 0.251 e. The average Bonchev–Trinajstić information content (AvgIpc) is 3.18. The maximum absolute atomic E-state index is 12.5. The molecule has 7 nitrogen and oxygen atoms in total. The monoisotopic (exact) mass is 469 g/mol. The molecule has 0 aliphatic carbocycles. The highest BCUT2D eigenvalue weighted by molar-refractivity contribution is 7.99. The minimum atomic E-state index is -0.382. The number of allylic oxidation sites excluding steroid dienone is 1. The van der Waals surface area contributed by atoms with Gasteiger partial charge >= 0.3 is 0 Å². The minimum Gasteiger partial charge on any atom is -0.342 e. The van der Waals surface area contributed by atoms with Gasteiger partial charge in [-0.1, -0.05) is 53.7 Å². The van der Waals surface area contributed by atoms with Crippen LogP contribution in [0.3, 0.4) is 0 Å². The number of rotatable bonds is 9. The molecule has 166 valence electrons. The quantitative estimate of drug-likeness (QED) is 0.352. The first-order valence-corrected chi connectivity index (χ1v) is 11.3. The van der Waals surface area contributed by atoms with Crippen LogP contribution >= 0.6 is 23.4 Å². The van der Waals surface area contributed by atoms with E-state index in [4.69, 9.17) is 11.6 Å². The predicted octanol–water partition coefficient (Wildman–Crippen LogP) is 4.65. The molecule has 0 radical (unpaired) electrons. The van der Waals surface area contributed by atoms with Gasteiger partial charge in [-0.25, -0.2) is 0 Å². The van der Waals surface area contributed by atoms with Crippen molar-refractivity contribution < 1.29 is 9.59 Å². The summed E-state index contributed by atoms with van der Waals surface area (Å²) in [6.45, 7) is 7.98. The summed E-state index contributed by atoms with van der Waals surface area (Å²) in [5.41, 5.74) is 2.16. The molecule has 32 heavy (non-hydrogen) atoms. The minimum absolute atomic E-state index is 0.145. The predicted molar refractivity (Wildman–Crippen MR) is 128 cm³/mol. The molecular formula is C23H24ClN5O2S. The number of anilines is 1. The molecular weight excluding hydrogens is 446 g/mol. The van der Waals surface area contributed by atoms with Crippen molar-refractivity contribution in [1.82, 2.24) is 20.1 Å². The molecule has 2 amide bonds. The Balaban J connectivity index is 1.67. The van der Waals surface area contributed by atoms with Crippen molar-refractivity contribution in [2.24, 2.45) is 0 Å². The Morgan fingerprint density at radius 2 is 1.97 bits per heavy atom. The van der Waals surface area contributed by atoms with Gasteiger partial charge in [-0.2, -0.15) is 0 Å². The van der Waals surface area contributed by atoms with Crippen molar-refractivity contribution >= 4 is 40.9 Å². The van der Waals surface area contributed by atoms with E-state index >= 15 is 0 Å². The molecule has 1 aromatic heterocycles. The van der Waals surface area contributed by atoms with Crippen LogP contribution in [0.2, 0.25) is 5.02 Å². The Morgan fingerprint density at radius 1 is 1.22 bits per heavy atom. The van der Waals surface area contributed by atoms with Crippen molar-refractivity contribution in [1.29, 1.82) is 0 Å². The standard InChI is InChI=1S/C23H24ClN5O2S/c1-4-12-29-21(16(3)25-22(31)17-8-6-5-7-9-17)27-28-23(29)32-14-20(30)26-19-13-18(24)11-10-15(19)2/h4-11,13,16H,1,12,14H2,2-3H3,(H,25,31)(H,26,30)/t16-/m0/s1. The smallest absolute Gasteiger partial charge is 0.251 e. The van der Waals surface area contributed by atoms with Crippen molar-refractivity contribution in [3.05, 3.63) is 83.2 Å². The van der Waals surface area contributed by atoms with Crippen LogP contribution in [-0.2, 0) is 11.3 Å². The van der Waals surface area contributed by atoms with E-state index in [1.54, 1.807) is 30.3 Å². The molecule has 1 heterocycles. The number of hydrogen-bond acceptors (Lipinski definition) is 5. The highest BCUT2D eigenvalue weighted by atomic mass is 35.5. The SMILES string of the molecule is C=CCn1c(SCC(=O)Nc2cc(Cl)ccc2C)nnc1[C@H](C)NC(=O)c1ccccc1. The topological polar surface area (TPSA) is 88.9 Å². The molecule has 0 fully saturated rings. The molecule has 2 aromatic carbocycles. The van der Waals surface area contributed by atoms with Crippen LogP contribution in [-0.4, -0.2) is 32.3 Å². The average molecular weight is 470 g/mol. The van der Waals surface area contributed by atoms with Crippen molar-refractivity contribution in [2.45, 2.75) is 31.6 Å². The van der Waals surface area contributed by atoms with Crippen LogP contribution in [0, 0.1) is 6.92 Å². The van der Waals surface area contributed by atoms with E-state index < -0.39 is 0 Å². The van der Waals surface area contributed by atoms with Crippen LogP contribution in [0.15, 0.2) is 66.3 Å². The first kappa shape index (κ1) is 23.6. The second-order valence-electron chi connectivity index (χ2n) is 7.10. The fourth-order valence-corrected chi connectivity index (χ4v) is 3.93. The number of carbonyl (C=O) groups excluding carboxylic acids is 2. The molecule has 0 aliphatic heterocycles. The third-order valence-electron chi connectivity index (χ3n) is 4.63. The number of nitrogens with one attached hydrogen (secondary N) is 2. The lowest BCUT2D eigenvalue weighted by Crippen LogP contribution is -2.28. The van der Waals surface area contributed by atoms with Gasteiger partial charge in [-0.05, 0) is 43.7 Å². The zero-order valence-corrected chi connectivity index (χ0v) is 19.4. The Hall–Kier alpha value is -3.10. The van der Waals surface area contributed by atoms with E-state index in [0.29, 0.717) is 33.8 Å². The molecule has 3 rings (SSSR count). The number of aromatic nitrogens is 3. The van der Waals surface area contributed by atoms with Crippen LogP contribution in [0.4, 0.5) is 5.69 Å². The molecule has 3 aromatic rings. The Kier molecular flexibility index (Phi) is 8.08. The second-order valence-corrected chi connectivity index (χ2v) is 8.48. The van der Waals surface area contributed by atoms with Crippen molar-refractivity contribution in [2.75, 3.05) is 11.1 Å². The molecule has 2 N–H and O–H groups in total. The largest absolute Gasteiger partial charge is 0.342 e. The zero-order valence-electron chi connectivity index (χ0n) is 17.8. The number of halogens is 1. The fourth-order valence-electron chi connectivity index (χ4n) is 3.01. The normalized spacial score (nSPS) is 11.6. The maximum atomic E-state index is 12.5. The van der Waals surface area contributed by atoms with Gasteiger partial charge in [0.2, 0.25) is 5.91 Å². The lowest BCUT2D eigenvalue weighted by Gasteiger charge is -2.15. The highest BCUT2D eigenvalue weighted by Gasteiger charge is 2.20. The molecule has 0 spiro atoms. The van der Waals surface area contributed by atoms with Crippen molar-refractivity contribution in [3.8, 4) is 0 Å².